The predicted octanol–water partition coefficient (Wildman–Crippen LogP) is 3.47. The fourth-order valence-corrected chi connectivity index (χ4v) is 3.31. The Bertz CT molecular complexity index is 746. The minimum atomic E-state index is 0.608. The smallest absolute Gasteiger partial charge is 0.190 e. The topological polar surface area (TPSA) is 63.6 Å². The Morgan fingerprint density at radius 3 is 2.90 bits per heavy atom. The number of nitrogens with one attached hydrogen (secondary N) is 1. The summed E-state index contributed by atoms with van der Waals surface area (Å²) in [7, 11) is 1.85. The SMILES string of the molecule is CNc1nc(SCc2nnsc2Cl)nc2ccccc12. The van der Waals surface area contributed by atoms with Crippen LogP contribution in [0.1, 0.15) is 5.69 Å². The molecule has 0 amide bonds. The Labute approximate surface area is 129 Å². The first-order valence-corrected chi connectivity index (χ1v) is 7.95. The van der Waals surface area contributed by atoms with Gasteiger partial charge in [-0.15, -0.1) is 5.10 Å². The van der Waals surface area contributed by atoms with Crippen LogP contribution in [0.5, 0.6) is 0 Å². The van der Waals surface area contributed by atoms with E-state index in [4.69, 9.17) is 11.6 Å². The van der Waals surface area contributed by atoms with Gasteiger partial charge in [-0.1, -0.05) is 40.0 Å². The number of thioether (sulfide) groups is 1. The molecule has 0 fully saturated rings. The second-order valence-corrected chi connectivity index (χ2v) is 6.20. The van der Waals surface area contributed by atoms with Crippen molar-refractivity contribution < 1.29 is 0 Å². The van der Waals surface area contributed by atoms with Crippen molar-refractivity contribution in [2.45, 2.75) is 10.9 Å². The van der Waals surface area contributed by atoms with Crippen molar-refractivity contribution in [1.29, 1.82) is 0 Å². The number of aromatic nitrogens is 4. The third-order valence-electron chi connectivity index (χ3n) is 2.67. The van der Waals surface area contributed by atoms with Crippen LogP contribution in [-0.4, -0.2) is 26.6 Å². The summed E-state index contributed by atoms with van der Waals surface area (Å²) >= 11 is 8.67. The van der Waals surface area contributed by atoms with E-state index in [9.17, 15) is 0 Å². The first-order chi connectivity index (χ1) is 9.78. The number of hydrogen-bond acceptors (Lipinski definition) is 7. The maximum absolute atomic E-state index is 5.99. The van der Waals surface area contributed by atoms with Crippen LogP contribution < -0.4 is 5.32 Å². The van der Waals surface area contributed by atoms with E-state index in [1.54, 1.807) is 0 Å². The summed E-state index contributed by atoms with van der Waals surface area (Å²) in [5.74, 6) is 1.43. The van der Waals surface area contributed by atoms with Gasteiger partial charge in [0, 0.05) is 29.7 Å². The van der Waals surface area contributed by atoms with Crippen LogP contribution in [0.25, 0.3) is 10.9 Å². The molecule has 3 rings (SSSR count). The largest absolute Gasteiger partial charge is 0.372 e. The van der Waals surface area contributed by atoms with Gasteiger partial charge in [0.15, 0.2) is 5.16 Å². The molecule has 0 aliphatic rings. The Balaban J connectivity index is 1.90. The first-order valence-electron chi connectivity index (χ1n) is 5.82. The number of benzene rings is 1. The minimum Gasteiger partial charge on any atom is -0.372 e. The van der Waals surface area contributed by atoms with Crippen molar-refractivity contribution in [3.8, 4) is 0 Å². The van der Waals surface area contributed by atoms with Crippen molar-refractivity contribution in [2.75, 3.05) is 12.4 Å². The molecule has 20 heavy (non-hydrogen) atoms. The minimum absolute atomic E-state index is 0.608. The molecule has 0 atom stereocenters. The second-order valence-electron chi connectivity index (χ2n) is 3.90. The number of hydrogen-bond donors (Lipinski definition) is 1. The second kappa shape index (κ2) is 5.90. The number of fused-ring (bicyclic) bond motifs is 1. The maximum Gasteiger partial charge on any atom is 0.190 e. The number of para-hydroxylation sites is 1. The van der Waals surface area contributed by atoms with Crippen molar-refractivity contribution in [3.05, 3.63) is 34.3 Å². The fraction of sp³-hybridized carbons (Fsp3) is 0.167. The van der Waals surface area contributed by atoms with E-state index in [-0.39, 0.29) is 0 Å². The molecule has 3 aromatic rings. The fourth-order valence-electron chi connectivity index (χ4n) is 1.73. The first kappa shape index (κ1) is 13.5. The van der Waals surface area contributed by atoms with Crippen LogP contribution in [0, 0.1) is 0 Å². The highest BCUT2D eigenvalue weighted by Gasteiger charge is 2.10. The summed E-state index contributed by atoms with van der Waals surface area (Å²) in [5, 5.41) is 8.78. The van der Waals surface area contributed by atoms with Crippen LogP contribution in [-0.2, 0) is 5.75 Å². The highest BCUT2D eigenvalue weighted by molar-refractivity contribution is 7.98. The monoisotopic (exact) mass is 323 g/mol. The molecule has 0 saturated heterocycles. The molecular weight excluding hydrogens is 314 g/mol. The van der Waals surface area contributed by atoms with Gasteiger partial charge in [0.2, 0.25) is 0 Å². The Kier molecular flexibility index (Phi) is 4.00. The lowest BCUT2D eigenvalue weighted by Gasteiger charge is -2.07. The van der Waals surface area contributed by atoms with E-state index in [2.05, 4.69) is 24.9 Å². The molecule has 1 aromatic carbocycles. The Morgan fingerprint density at radius 1 is 1.30 bits per heavy atom. The van der Waals surface area contributed by atoms with E-state index in [1.807, 2.05) is 31.3 Å². The molecule has 0 spiro atoms. The third kappa shape index (κ3) is 2.70. The van der Waals surface area contributed by atoms with E-state index < -0.39 is 0 Å². The van der Waals surface area contributed by atoms with Crippen LogP contribution in [0.4, 0.5) is 5.82 Å². The number of halogens is 1. The van der Waals surface area contributed by atoms with E-state index in [0.29, 0.717) is 15.2 Å². The number of rotatable bonds is 4. The van der Waals surface area contributed by atoms with Crippen molar-refractivity contribution in [2.24, 2.45) is 0 Å². The molecule has 1 N–H and O–H groups in total. The van der Waals surface area contributed by atoms with Crippen molar-refractivity contribution in [3.63, 3.8) is 0 Å². The van der Waals surface area contributed by atoms with Gasteiger partial charge in [0.05, 0.1) is 5.52 Å². The Hall–Kier alpha value is -1.44. The molecule has 2 aromatic heterocycles. The molecule has 102 valence electrons. The summed E-state index contributed by atoms with van der Waals surface area (Å²) in [6.07, 6.45) is 0. The lowest BCUT2D eigenvalue weighted by Crippen LogP contribution is -1.98. The molecule has 8 heteroatoms. The molecular formula is C12H10ClN5S2. The van der Waals surface area contributed by atoms with Gasteiger partial charge >= 0.3 is 0 Å². The zero-order valence-corrected chi connectivity index (χ0v) is 12.9. The van der Waals surface area contributed by atoms with Gasteiger partial charge in [-0.2, -0.15) is 0 Å². The molecule has 5 nitrogen and oxygen atoms in total. The summed E-state index contributed by atoms with van der Waals surface area (Å²) in [4.78, 5) is 9.04. The van der Waals surface area contributed by atoms with Crippen LogP contribution in [0.3, 0.4) is 0 Å². The summed E-state index contributed by atoms with van der Waals surface area (Å²) in [5.41, 5.74) is 1.68. The van der Waals surface area contributed by atoms with Crippen molar-refractivity contribution >= 4 is 51.6 Å². The van der Waals surface area contributed by atoms with Crippen molar-refractivity contribution in [1.82, 2.24) is 19.6 Å². The normalized spacial score (nSPS) is 10.9. The number of anilines is 1. The summed E-state index contributed by atoms with van der Waals surface area (Å²) < 4.78 is 4.43. The van der Waals surface area contributed by atoms with Gasteiger partial charge in [-0.05, 0) is 12.1 Å². The van der Waals surface area contributed by atoms with E-state index >= 15 is 0 Å². The third-order valence-corrected chi connectivity index (χ3v) is 4.51. The molecule has 2 heterocycles. The zero-order valence-electron chi connectivity index (χ0n) is 10.5. The number of nitrogens with zero attached hydrogens (tertiary/aromatic N) is 4. The Morgan fingerprint density at radius 2 is 2.15 bits per heavy atom. The molecule has 0 radical (unpaired) electrons. The molecule has 0 aliphatic carbocycles. The van der Waals surface area contributed by atoms with Gasteiger partial charge in [-0.3, -0.25) is 0 Å². The molecule has 0 aliphatic heterocycles. The average Bonchev–Trinajstić information content (AvgIpc) is 2.89. The van der Waals surface area contributed by atoms with E-state index in [0.717, 1.165) is 22.4 Å². The lowest BCUT2D eigenvalue weighted by atomic mass is 10.2. The summed E-state index contributed by atoms with van der Waals surface area (Å²) in [6, 6.07) is 7.90. The van der Waals surface area contributed by atoms with Gasteiger partial charge in [-0.25, -0.2) is 9.97 Å². The van der Waals surface area contributed by atoms with Gasteiger partial charge in [0.1, 0.15) is 15.8 Å². The van der Waals surface area contributed by atoms with E-state index in [1.165, 1.54) is 23.3 Å². The standard InChI is InChI=1S/C12H10ClN5S2/c1-14-11-7-4-2-3-5-8(7)15-12(16-11)19-6-9-10(13)20-18-17-9/h2-5H,6H2,1H3,(H,14,15,16). The highest BCUT2D eigenvalue weighted by Crippen LogP contribution is 2.28. The summed E-state index contributed by atoms with van der Waals surface area (Å²) in [6.45, 7) is 0. The molecule has 0 unspecified atom stereocenters. The van der Waals surface area contributed by atoms with Gasteiger partial charge < -0.3 is 5.32 Å². The quantitative estimate of drug-likeness (QED) is 0.586. The van der Waals surface area contributed by atoms with Gasteiger partial charge in [0.25, 0.3) is 0 Å². The highest BCUT2D eigenvalue weighted by atomic mass is 35.5. The predicted molar refractivity (Wildman–Crippen MR) is 83.6 cm³/mol. The molecule has 0 bridgehead atoms. The average molecular weight is 324 g/mol. The maximum atomic E-state index is 5.99. The lowest BCUT2D eigenvalue weighted by molar-refractivity contribution is 0.997. The van der Waals surface area contributed by atoms with Crippen LogP contribution >= 0.6 is 34.9 Å². The molecule has 0 saturated carbocycles. The van der Waals surface area contributed by atoms with Crippen LogP contribution in [0.15, 0.2) is 29.4 Å². The van der Waals surface area contributed by atoms with Crippen LogP contribution in [0.2, 0.25) is 4.34 Å². The zero-order chi connectivity index (χ0) is 13.9.